The third kappa shape index (κ3) is 4.51. The van der Waals surface area contributed by atoms with E-state index in [1.54, 1.807) is 0 Å². The van der Waals surface area contributed by atoms with E-state index in [9.17, 15) is 4.79 Å². The summed E-state index contributed by atoms with van der Waals surface area (Å²) in [7, 11) is 0. The lowest BCUT2D eigenvalue weighted by Crippen LogP contribution is -2.31. The molecule has 8 nitrogen and oxygen atoms in total. The molecule has 0 atom stereocenters. The zero-order chi connectivity index (χ0) is 23.5. The van der Waals surface area contributed by atoms with Gasteiger partial charge in [-0.1, -0.05) is 18.2 Å². The van der Waals surface area contributed by atoms with Gasteiger partial charge in [-0.3, -0.25) is 10.2 Å². The number of amidine groups is 1. The first-order chi connectivity index (χ1) is 16.6. The van der Waals surface area contributed by atoms with Gasteiger partial charge in [0.2, 0.25) is 0 Å². The van der Waals surface area contributed by atoms with Crippen LogP contribution in [0, 0.1) is 11.3 Å². The number of carbonyl (C=O) groups is 1. The number of nitrogens with one attached hydrogen (secondary N) is 4. The summed E-state index contributed by atoms with van der Waals surface area (Å²) in [6, 6.07) is 12.0. The number of carbonyl (C=O) groups excluding carboxylic acids is 1. The van der Waals surface area contributed by atoms with Crippen molar-refractivity contribution in [3.63, 3.8) is 0 Å². The van der Waals surface area contributed by atoms with E-state index >= 15 is 0 Å². The van der Waals surface area contributed by atoms with Crippen LogP contribution in [0.2, 0.25) is 0 Å². The molecule has 34 heavy (non-hydrogen) atoms. The maximum atomic E-state index is 12.2. The summed E-state index contributed by atoms with van der Waals surface area (Å²) in [5.74, 6) is 1.67. The molecule has 0 bridgehead atoms. The van der Waals surface area contributed by atoms with Crippen LogP contribution in [0.25, 0.3) is 22.3 Å². The zero-order valence-electron chi connectivity index (χ0n) is 18.7. The monoisotopic (exact) mass is 473 g/mol. The van der Waals surface area contributed by atoms with Crippen LogP contribution in [0.1, 0.15) is 53.5 Å². The summed E-state index contributed by atoms with van der Waals surface area (Å²) >= 11 is 1.53. The van der Waals surface area contributed by atoms with Crippen LogP contribution in [-0.2, 0) is 0 Å². The second-order valence-corrected chi connectivity index (χ2v) is 9.46. The van der Waals surface area contributed by atoms with Crippen molar-refractivity contribution in [3.05, 3.63) is 64.2 Å². The molecule has 174 valence electrons. The van der Waals surface area contributed by atoms with Crippen LogP contribution in [0.15, 0.2) is 52.2 Å². The highest BCUT2D eigenvalue weighted by atomic mass is 32.1. The summed E-state index contributed by atoms with van der Waals surface area (Å²) in [6.07, 6.45) is 5.13. The molecule has 0 spiro atoms. The van der Waals surface area contributed by atoms with Crippen molar-refractivity contribution in [2.24, 2.45) is 16.6 Å². The van der Waals surface area contributed by atoms with Crippen molar-refractivity contribution in [1.82, 2.24) is 20.3 Å². The molecule has 5 rings (SSSR count). The lowest BCUT2D eigenvalue weighted by molar-refractivity contribution is 0.0943. The molecule has 6 N–H and O–H groups in total. The number of nitrogens with two attached hydrogens (primary N) is 1. The standard InChI is InChI=1S/C25H27N7OS/c26-14-29-23(27)22-21(20-11-17-3-1-2-4-19(17)30-20)31-24(32-22)16-7-5-15(6-8-16)12-28-25(33)18-9-10-34-13-18/h1-4,9-11,13-16,30H,5-8,12H2,(H,28,33)(H,31,32)(H3,26,27,29). The van der Waals surface area contributed by atoms with Crippen molar-refractivity contribution in [2.45, 2.75) is 31.6 Å². The Hall–Kier alpha value is -3.72. The third-order valence-corrected chi connectivity index (χ3v) is 7.20. The number of aromatic amines is 2. The number of rotatable bonds is 6. The SMILES string of the molecule is N=C(N=CN)c1[nH]c(C2CCC(CNC(=O)c3ccsc3)CC2)nc1-c1cc2ccccc2[nH]1. The van der Waals surface area contributed by atoms with Crippen LogP contribution in [0.4, 0.5) is 0 Å². The average molecular weight is 474 g/mol. The lowest BCUT2D eigenvalue weighted by Gasteiger charge is -2.27. The largest absolute Gasteiger partial charge is 0.390 e. The maximum Gasteiger partial charge on any atom is 0.252 e. The van der Waals surface area contributed by atoms with Gasteiger partial charge < -0.3 is 21.0 Å². The third-order valence-electron chi connectivity index (χ3n) is 6.52. The van der Waals surface area contributed by atoms with E-state index in [-0.39, 0.29) is 17.7 Å². The van der Waals surface area contributed by atoms with Gasteiger partial charge in [-0.25, -0.2) is 9.98 Å². The molecule has 1 aromatic carbocycles. The van der Waals surface area contributed by atoms with Gasteiger partial charge in [-0.15, -0.1) is 0 Å². The molecule has 1 aliphatic rings. The van der Waals surface area contributed by atoms with E-state index in [0.29, 0.717) is 23.9 Å². The number of imidazole rings is 1. The van der Waals surface area contributed by atoms with E-state index in [1.165, 1.54) is 11.3 Å². The summed E-state index contributed by atoms with van der Waals surface area (Å²) in [6.45, 7) is 0.695. The summed E-state index contributed by atoms with van der Waals surface area (Å²) in [4.78, 5) is 27.9. The molecular weight excluding hydrogens is 446 g/mol. The van der Waals surface area contributed by atoms with Gasteiger partial charge >= 0.3 is 0 Å². The molecule has 3 aromatic heterocycles. The van der Waals surface area contributed by atoms with Crippen molar-refractivity contribution < 1.29 is 4.79 Å². The number of thiophene rings is 1. The second-order valence-electron chi connectivity index (χ2n) is 8.68. The van der Waals surface area contributed by atoms with Crippen molar-refractivity contribution in [3.8, 4) is 11.4 Å². The summed E-state index contributed by atoms with van der Waals surface area (Å²) in [5, 5.41) is 16.3. The quantitative estimate of drug-likeness (QED) is 0.206. The lowest BCUT2D eigenvalue weighted by atomic mass is 9.81. The first kappa shape index (κ1) is 22.1. The summed E-state index contributed by atoms with van der Waals surface area (Å²) < 4.78 is 0. The Morgan fingerprint density at radius 2 is 2.06 bits per heavy atom. The number of benzene rings is 1. The molecule has 0 aliphatic heterocycles. The highest BCUT2D eigenvalue weighted by Crippen LogP contribution is 2.36. The molecule has 9 heteroatoms. The van der Waals surface area contributed by atoms with Gasteiger partial charge in [0.25, 0.3) is 5.91 Å². The predicted molar refractivity (Wildman–Crippen MR) is 137 cm³/mol. The topological polar surface area (TPSA) is 136 Å². The Balaban J connectivity index is 1.30. The fourth-order valence-corrected chi connectivity index (χ4v) is 5.30. The number of H-pyrrole nitrogens is 2. The van der Waals surface area contributed by atoms with Crippen molar-refractivity contribution >= 4 is 40.3 Å². The number of aromatic nitrogens is 3. The Morgan fingerprint density at radius 3 is 2.79 bits per heavy atom. The molecule has 1 fully saturated rings. The van der Waals surface area contributed by atoms with E-state index in [4.69, 9.17) is 16.1 Å². The van der Waals surface area contributed by atoms with Crippen LogP contribution < -0.4 is 11.1 Å². The number of hydrogen-bond donors (Lipinski definition) is 5. The minimum absolute atomic E-state index is 0.000923. The Morgan fingerprint density at radius 1 is 1.24 bits per heavy atom. The van der Waals surface area contributed by atoms with E-state index in [2.05, 4.69) is 20.3 Å². The number of nitrogens with zero attached hydrogens (tertiary/aromatic N) is 2. The van der Waals surface area contributed by atoms with Gasteiger partial charge in [0.15, 0.2) is 5.84 Å². The number of para-hydroxylation sites is 1. The predicted octanol–water partition coefficient (Wildman–Crippen LogP) is 4.64. The number of hydrogen-bond acceptors (Lipinski definition) is 4. The number of aliphatic imine (C=N–C) groups is 1. The maximum absolute atomic E-state index is 12.2. The Bertz CT molecular complexity index is 1290. The molecule has 1 saturated carbocycles. The van der Waals surface area contributed by atoms with E-state index < -0.39 is 0 Å². The molecule has 4 aromatic rings. The van der Waals surface area contributed by atoms with Gasteiger partial charge in [-0.2, -0.15) is 11.3 Å². The molecule has 1 amide bonds. The fraction of sp³-hybridized carbons (Fsp3) is 0.280. The van der Waals surface area contributed by atoms with Gasteiger partial charge in [0, 0.05) is 34.3 Å². The van der Waals surface area contributed by atoms with Gasteiger partial charge in [0.05, 0.1) is 12.0 Å². The van der Waals surface area contributed by atoms with Crippen molar-refractivity contribution in [1.29, 1.82) is 5.41 Å². The molecule has 1 aliphatic carbocycles. The highest BCUT2D eigenvalue weighted by Gasteiger charge is 2.27. The number of amides is 1. The molecule has 0 unspecified atom stereocenters. The molecular formula is C25H27N7OS. The van der Waals surface area contributed by atoms with Crippen LogP contribution in [0.5, 0.6) is 0 Å². The minimum Gasteiger partial charge on any atom is -0.390 e. The van der Waals surface area contributed by atoms with E-state index in [0.717, 1.165) is 60.0 Å². The Kier molecular flexibility index (Phi) is 6.27. The smallest absolute Gasteiger partial charge is 0.252 e. The van der Waals surface area contributed by atoms with Crippen LogP contribution in [0.3, 0.4) is 0 Å². The first-order valence-corrected chi connectivity index (χ1v) is 12.4. The van der Waals surface area contributed by atoms with Gasteiger partial charge in [-0.05, 0) is 55.2 Å². The van der Waals surface area contributed by atoms with Gasteiger partial charge in [0.1, 0.15) is 17.2 Å². The highest BCUT2D eigenvalue weighted by molar-refractivity contribution is 7.08. The second kappa shape index (κ2) is 9.64. The van der Waals surface area contributed by atoms with E-state index in [1.807, 2.05) is 47.2 Å². The molecule has 0 saturated heterocycles. The Labute approximate surface area is 201 Å². The van der Waals surface area contributed by atoms with Crippen LogP contribution in [-0.4, -0.2) is 39.6 Å². The number of fused-ring (bicyclic) bond motifs is 1. The van der Waals surface area contributed by atoms with Crippen LogP contribution >= 0.6 is 11.3 Å². The average Bonchev–Trinajstić information content (AvgIpc) is 3.62. The van der Waals surface area contributed by atoms with Crippen molar-refractivity contribution in [2.75, 3.05) is 6.54 Å². The minimum atomic E-state index is 0.000923. The normalized spacial score (nSPS) is 18.5. The molecule has 3 heterocycles. The fourth-order valence-electron chi connectivity index (χ4n) is 4.66. The first-order valence-electron chi connectivity index (χ1n) is 11.4. The zero-order valence-corrected chi connectivity index (χ0v) is 19.5. The summed E-state index contributed by atoms with van der Waals surface area (Å²) in [5.41, 5.74) is 9.31. The molecule has 0 radical (unpaired) electrons.